The van der Waals surface area contributed by atoms with Crippen LogP contribution in [0.3, 0.4) is 0 Å². The molecule has 0 saturated carbocycles. The predicted molar refractivity (Wildman–Crippen MR) is 108 cm³/mol. The first kappa shape index (κ1) is 18.2. The molecule has 0 bridgehead atoms. The lowest BCUT2D eigenvalue weighted by atomic mass is 10.1. The Morgan fingerprint density at radius 1 is 1.12 bits per heavy atom. The Hall–Kier alpha value is -2.59. The van der Waals surface area contributed by atoms with Crippen molar-refractivity contribution in [2.75, 3.05) is 0 Å². The van der Waals surface area contributed by atoms with Crippen molar-refractivity contribution in [2.24, 2.45) is 4.99 Å². The number of para-hydroxylation sites is 1. The van der Waals surface area contributed by atoms with E-state index in [1.54, 1.807) is 4.68 Å². The number of aryl methyl sites for hydroxylation is 1. The van der Waals surface area contributed by atoms with Gasteiger partial charge in [0.25, 0.3) is 5.56 Å². The molecule has 5 heteroatoms. The van der Waals surface area contributed by atoms with Crippen LogP contribution in [0.1, 0.15) is 37.1 Å². The summed E-state index contributed by atoms with van der Waals surface area (Å²) in [6, 6.07) is 17.2. The number of benzene rings is 2. The Labute approximate surface area is 158 Å². The van der Waals surface area contributed by atoms with Gasteiger partial charge in [-0.05, 0) is 43.2 Å². The van der Waals surface area contributed by atoms with Crippen LogP contribution in [0.5, 0.6) is 0 Å². The maximum Gasteiger partial charge on any atom is 0.280 e. The third kappa shape index (κ3) is 3.97. The maximum absolute atomic E-state index is 13.0. The standard InChI is InChI=1S/C21H22ClN3O/c1-3-7-19-20(15(2)23-14-16-10-12-17(22)13-11-16)21(26)25(24-19)18-8-5-4-6-9-18/h4-6,8-13,24H,3,7,14H2,1-2H3. The molecule has 1 heterocycles. The third-order valence-electron chi connectivity index (χ3n) is 4.25. The molecule has 0 spiro atoms. The van der Waals surface area contributed by atoms with Crippen molar-refractivity contribution in [3.05, 3.63) is 86.8 Å². The van der Waals surface area contributed by atoms with Gasteiger partial charge in [0, 0.05) is 16.4 Å². The van der Waals surface area contributed by atoms with Crippen molar-refractivity contribution in [3.8, 4) is 5.69 Å². The first-order valence-electron chi connectivity index (χ1n) is 8.75. The summed E-state index contributed by atoms with van der Waals surface area (Å²) in [5.74, 6) is 0. The zero-order valence-electron chi connectivity index (χ0n) is 15.0. The number of H-pyrrole nitrogens is 1. The van der Waals surface area contributed by atoms with Gasteiger partial charge in [-0.15, -0.1) is 0 Å². The second-order valence-electron chi connectivity index (χ2n) is 6.22. The number of nitrogens with zero attached hydrogens (tertiary/aromatic N) is 2. The van der Waals surface area contributed by atoms with Crippen molar-refractivity contribution >= 4 is 17.3 Å². The van der Waals surface area contributed by atoms with Crippen molar-refractivity contribution in [2.45, 2.75) is 33.2 Å². The first-order valence-corrected chi connectivity index (χ1v) is 9.13. The van der Waals surface area contributed by atoms with Crippen LogP contribution < -0.4 is 5.56 Å². The Morgan fingerprint density at radius 2 is 1.81 bits per heavy atom. The molecule has 4 nitrogen and oxygen atoms in total. The summed E-state index contributed by atoms with van der Waals surface area (Å²) in [6.45, 7) is 4.52. The van der Waals surface area contributed by atoms with E-state index >= 15 is 0 Å². The Kier molecular flexibility index (Phi) is 5.74. The summed E-state index contributed by atoms with van der Waals surface area (Å²) in [6.07, 6.45) is 1.75. The van der Waals surface area contributed by atoms with Gasteiger partial charge in [-0.1, -0.05) is 55.3 Å². The zero-order valence-corrected chi connectivity index (χ0v) is 15.8. The van der Waals surface area contributed by atoms with Gasteiger partial charge in [0.15, 0.2) is 0 Å². The molecule has 0 radical (unpaired) electrons. The number of halogens is 1. The molecule has 134 valence electrons. The lowest BCUT2D eigenvalue weighted by molar-refractivity contribution is 0.793. The van der Waals surface area contributed by atoms with E-state index in [1.807, 2.05) is 61.5 Å². The summed E-state index contributed by atoms with van der Waals surface area (Å²) in [5.41, 5.74) is 4.18. The minimum atomic E-state index is -0.0583. The molecule has 3 aromatic rings. The maximum atomic E-state index is 13.0. The van der Waals surface area contributed by atoms with Crippen molar-refractivity contribution in [3.63, 3.8) is 0 Å². The summed E-state index contributed by atoms with van der Waals surface area (Å²) in [4.78, 5) is 17.6. The molecular formula is C21H22ClN3O. The molecule has 0 unspecified atom stereocenters. The first-order chi connectivity index (χ1) is 12.6. The smallest absolute Gasteiger partial charge is 0.280 e. The monoisotopic (exact) mass is 367 g/mol. The summed E-state index contributed by atoms with van der Waals surface area (Å²) >= 11 is 5.92. The molecule has 26 heavy (non-hydrogen) atoms. The fourth-order valence-electron chi connectivity index (χ4n) is 2.92. The van der Waals surface area contributed by atoms with E-state index in [-0.39, 0.29) is 5.56 Å². The summed E-state index contributed by atoms with van der Waals surface area (Å²) in [7, 11) is 0. The highest BCUT2D eigenvalue weighted by Crippen LogP contribution is 2.13. The van der Waals surface area contributed by atoms with E-state index < -0.39 is 0 Å². The fraction of sp³-hybridized carbons (Fsp3) is 0.238. The predicted octanol–water partition coefficient (Wildman–Crippen LogP) is 4.78. The van der Waals surface area contributed by atoms with E-state index in [4.69, 9.17) is 11.6 Å². The van der Waals surface area contributed by atoms with Gasteiger partial charge in [0.05, 0.1) is 17.8 Å². The highest BCUT2D eigenvalue weighted by atomic mass is 35.5. The van der Waals surface area contributed by atoms with Gasteiger partial charge < -0.3 is 0 Å². The van der Waals surface area contributed by atoms with Gasteiger partial charge in [0.2, 0.25) is 0 Å². The normalized spacial score (nSPS) is 11.7. The largest absolute Gasteiger partial charge is 0.294 e. The third-order valence-corrected chi connectivity index (χ3v) is 4.51. The van der Waals surface area contributed by atoms with E-state index in [9.17, 15) is 4.79 Å². The zero-order chi connectivity index (χ0) is 18.5. The van der Waals surface area contributed by atoms with Crippen molar-refractivity contribution in [1.82, 2.24) is 9.78 Å². The highest BCUT2D eigenvalue weighted by molar-refractivity contribution is 6.30. The van der Waals surface area contributed by atoms with Crippen LogP contribution >= 0.6 is 11.6 Å². The topological polar surface area (TPSA) is 50.1 Å². The van der Waals surface area contributed by atoms with E-state index in [1.165, 1.54) is 0 Å². The second-order valence-corrected chi connectivity index (χ2v) is 6.66. The Morgan fingerprint density at radius 3 is 2.46 bits per heavy atom. The molecule has 0 atom stereocenters. The van der Waals surface area contributed by atoms with Crippen LogP contribution in [0, 0.1) is 0 Å². The van der Waals surface area contributed by atoms with Crippen LogP contribution in [0.4, 0.5) is 0 Å². The number of rotatable bonds is 6. The molecule has 2 aromatic carbocycles. The number of aromatic nitrogens is 2. The SMILES string of the molecule is CCCc1[nH]n(-c2ccccc2)c(=O)c1C(C)=NCc1ccc(Cl)cc1. The van der Waals surface area contributed by atoms with Gasteiger partial charge >= 0.3 is 0 Å². The number of aromatic amines is 1. The lowest BCUT2D eigenvalue weighted by Gasteiger charge is -2.02. The van der Waals surface area contributed by atoms with Crippen LogP contribution in [0.15, 0.2) is 64.4 Å². The van der Waals surface area contributed by atoms with E-state index in [2.05, 4.69) is 17.0 Å². The Bertz CT molecular complexity index is 953. The summed E-state index contributed by atoms with van der Waals surface area (Å²) in [5, 5.41) is 3.96. The second kappa shape index (κ2) is 8.19. The molecule has 0 aliphatic carbocycles. The molecule has 1 N–H and O–H groups in total. The molecule has 3 rings (SSSR count). The van der Waals surface area contributed by atoms with Crippen molar-refractivity contribution in [1.29, 1.82) is 0 Å². The minimum absolute atomic E-state index is 0.0583. The number of nitrogens with one attached hydrogen (secondary N) is 1. The molecule has 0 fully saturated rings. The average Bonchev–Trinajstić information content (AvgIpc) is 2.98. The number of hydrogen-bond acceptors (Lipinski definition) is 2. The van der Waals surface area contributed by atoms with Gasteiger partial charge in [0.1, 0.15) is 0 Å². The minimum Gasteiger partial charge on any atom is -0.294 e. The van der Waals surface area contributed by atoms with Crippen LogP contribution in [0.2, 0.25) is 5.02 Å². The van der Waals surface area contributed by atoms with Gasteiger partial charge in [-0.3, -0.25) is 14.9 Å². The highest BCUT2D eigenvalue weighted by Gasteiger charge is 2.17. The molecule has 0 aliphatic rings. The molecular weight excluding hydrogens is 346 g/mol. The quantitative estimate of drug-likeness (QED) is 0.626. The Balaban J connectivity index is 1.97. The van der Waals surface area contributed by atoms with Gasteiger partial charge in [-0.2, -0.15) is 0 Å². The number of aliphatic imine (C=N–C) groups is 1. The van der Waals surface area contributed by atoms with Crippen LogP contribution in [-0.4, -0.2) is 15.5 Å². The van der Waals surface area contributed by atoms with Crippen LogP contribution in [-0.2, 0) is 13.0 Å². The molecule has 0 amide bonds. The molecule has 0 saturated heterocycles. The molecule has 0 aliphatic heterocycles. The van der Waals surface area contributed by atoms with E-state index in [0.29, 0.717) is 17.1 Å². The fourth-order valence-corrected chi connectivity index (χ4v) is 3.05. The van der Waals surface area contributed by atoms with Gasteiger partial charge in [-0.25, -0.2) is 4.68 Å². The lowest BCUT2D eigenvalue weighted by Crippen LogP contribution is -2.19. The number of hydrogen-bond donors (Lipinski definition) is 1. The van der Waals surface area contributed by atoms with Crippen LogP contribution in [0.25, 0.3) is 5.69 Å². The average molecular weight is 368 g/mol. The van der Waals surface area contributed by atoms with E-state index in [0.717, 1.165) is 35.5 Å². The summed E-state index contributed by atoms with van der Waals surface area (Å²) < 4.78 is 1.60. The molecule has 1 aromatic heterocycles. The van der Waals surface area contributed by atoms with Crippen molar-refractivity contribution < 1.29 is 0 Å².